The minimum absolute atomic E-state index is 0.558. The number of aliphatic carboxylic acids is 2. The number of carboxylic acids is 2. The third-order valence-electron chi connectivity index (χ3n) is 1.86. The smallest absolute Gasteiger partial charge is 0.328 e. The summed E-state index contributed by atoms with van der Waals surface area (Å²) in [6.07, 6.45) is 1.12. The highest BCUT2D eigenvalue weighted by Gasteiger charge is 2.11. The third-order valence-corrected chi connectivity index (χ3v) is 4.96. The van der Waals surface area contributed by atoms with Crippen LogP contribution in [0.2, 0.25) is 25.7 Å². The van der Waals surface area contributed by atoms with E-state index in [0.717, 1.165) is 6.54 Å². The molecule has 19 heavy (non-hydrogen) atoms. The van der Waals surface area contributed by atoms with Gasteiger partial charge in [0.15, 0.2) is 0 Å². The summed E-state index contributed by atoms with van der Waals surface area (Å²) in [5.41, 5.74) is 0. The molecule has 0 atom stereocenters. The predicted octanol–water partition coefficient (Wildman–Crippen LogP) is 1.99. The molecular formula is C12H25NO4SSi. The molecule has 3 N–H and O–H groups in total. The summed E-state index contributed by atoms with van der Waals surface area (Å²) in [5, 5.41) is 18.8. The lowest BCUT2D eigenvalue weighted by Crippen LogP contribution is -2.20. The van der Waals surface area contributed by atoms with Gasteiger partial charge < -0.3 is 15.5 Å². The first-order valence-corrected chi connectivity index (χ1v) is 10.9. The van der Waals surface area contributed by atoms with Crippen LogP contribution < -0.4 is 5.32 Å². The molecule has 0 aromatic rings. The number of hydrogen-bond acceptors (Lipinski definition) is 4. The maximum Gasteiger partial charge on any atom is 0.328 e. The molecule has 7 heteroatoms. The average molecular weight is 307 g/mol. The fourth-order valence-corrected chi connectivity index (χ4v) is 4.38. The van der Waals surface area contributed by atoms with Crippen LogP contribution in [0.3, 0.4) is 0 Å². The van der Waals surface area contributed by atoms with Crippen molar-refractivity contribution in [1.82, 2.24) is 5.32 Å². The van der Waals surface area contributed by atoms with E-state index in [1.807, 2.05) is 7.05 Å². The summed E-state index contributed by atoms with van der Waals surface area (Å²) in [5.74, 6) is 0.109. The number of carbonyl (C=O) groups is 2. The molecule has 112 valence electrons. The summed E-state index contributed by atoms with van der Waals surface area (Å²) in [6.45, 7) is 8.46. The van der Waals surface area contributed by atoms with E-state index in [1.165, 1.54) is 17.5 Å². The molecule has 0 radical (unpaired) electrons. The topological polar surface area (TPSA) is 86.6 Å². The molecule has 0 unspecified atom stereocenters. The van der Waals surface area contributed by atoms with E-state index in [2.05, 4.69) is 36.7 Å². The molecule has 5 nitrogen and oxygen atoms in total. The number of thioether (sulfide) groups is 1. The van der Waals surface area contributed by atoms with Crippen molar-refractivity contribution < 1.29 is 19.8 Å². The standard InChI is InChI=1S/C8H21NSSi.C4H4O4/c1-9-5-6-10-7-8-11(2,3)4;5-3(6)1-2-4(7)8/h9H,5-8H2,1-4H3;1-2H,(H,5,6)(H,7,8)/b;2-1-. The second-order valence-corrected chi connectivity index (χ2v) is 11.9. The summed E-state index contributed by atoms with van der Waals surface area (Å²) >= 11 is 2.08. The van der Waals surface area contributed by atoms with Crippen molar-refractivity contribution in [2.45, 2.75) is 25.7 Å². The van der Waals surface area contributed by atoms with Gasteiger partial charge >= 0.3 is 11.9 Å². The predicted molar refractivity (Wildman–Crippen MR) is 83.8 cm³/mol. The molecule has 0 heterocycles. The lowest BCUT2D eigenvalue weighted by atomic mass is 10.5. The normalized spacial score (nSPS) is 10.9. The van der Waals surface area contributed by atoms with E-state index in [0.29, 0.717) is 12.2 Å². The average Bonchev–Trinajstić information content (AvgIpc) is 2.25. The third kappa shape index (κ3) is 26.7. The van der Waals surface area contributed by atoms with Crippen LogP contribution in [0.1, 0.15) is 0 Å². The number of hydrogen-bond donors (Lipinski definition) is 3. The van der Waals surface area contributed by atoms with E-state index in [4.69, 9.17) is 10.2 Å². The molecule has 0 aliphatic carbocycles. The van der Waals surface area contributed by atoms with Gasteiger partial charge in [0.2, 0.25) is 0 Å². The second kappa shape index (κ2) is 12.3. The van der Waals surface area contributed by atoms with Crippen molar-refractivity contribution in [1.29, 1.82) is 0 Å². The van der Waals surface area contributed by atoms with Gasteiger partial charge in [-0.3, -0.25) is 0 Å². The van der Waals surface area contributed by atoms with Crippen LogP contribution in [0, 0.1) is 0 Å². The van der Waals surface area contributed by atoms with Gasteiger partial charge in [-0.2, -0.15) is 11.8 Å². The monoisotopic (exact) mass is 307 g/mol. The zero-order chi connectivity index (χ0) is 15.3. The van der Waals surface area contributed by atoms with Gasteiger partial charge in [-0.1, -0.05) is 19.6 Å². The molecule has 0 amide bonds. The van der Waals surface area contributed by atoms with Crippen LogP contribution in [0.15, 0.2) is 12.2 Å². The zero-order valence-corrected chi connectivity index (χ0v) is 13.9. The lowest BCUT2D eigenvalue weighted by Gasteiger charge is -2.14. The highest BCUT2D eigenvalue weighted by molar-refractivity contribution is 7.99. The number of nitrogens with one attached hydrogen (secondary N) is 1. The summed E-state index contributed by atoms with van der Waals surface area (Å²) in [6, 6.07) is 1.46. The summed E-state index contributed by atoms with van der Waals surface area (Å²) in [7, 11) is 1.25. The molecule has 0 saturated carbocycles. The molecule has 0 aliphatic rings. The second-order valence-electron chi connectivity index (χ2n) is 5.04. The van der Waals surface area contributed by atoms with Crippen molar-refractivity contribution >= 4 is 31.8 Å². The Morgan fingerprint density at radius 3 is 1.89 bits per heavy atom. The SMILES string of the molecule is CNCCSCC[Si](C)(C)C.O=C(O)/C=C\C(=O)O. The molecule has 0 aromatic carbocycles. The highest BCUT2D eigenvalue weighted by atomic mass is 32.2. The fraction of sp³-hybridized carbons (Fsp3) is 0.667. The van der Waals surface area contributed by atoms with Crippen molar-refractivity contribution in [2.75, 3.05) is 25.1 Å². The van der Waals surface area contributed by atoms with Gasteiger partial charge in [0, 0.05) is 32.5 Å². The maximum absolute atomic E-state index is 9.55. The Kier molecular flexibility index (Phi) is 13.2. The summed E-state index contributed by atoms with van der Waals surface area (Å²) in [4.78, 5) is 19.1. The molecule has 0 aromatic heterocycles. The van der Waals surface area contributed by atoms with Gasteiger partial charge in [0.1, 0.15) is 0 Å². The van der Waals surface area contributed by atoms with Crippen molar-refractivity contribution in [3.8, 4) is 0 Å². The summed E-state index contributed by atoms with van der Waals surface area (Å²) < 4.78 is 0. The molecule has 0 aliphatic heterocycles. The first kappa shape index (κ1) is 20.5. The first-order chi connectivity index (χ1) is 8.69. The Morgan fingerprint density at radius 1 is 1.11 bits per heavy atom. The van der Waals surface area contributed by atoms with Gasteiger partial charge in [0.05, 0.1) is 0 Å². The lowest BCUT2D eigenvalue weighted by molar-refractivity contribution is -0.134. The molecular weight excluding hydrogens is 282 g/mol. The van der Waals surface area contributed by atoms with Gasteiger partial charge in [-0.15, -0.1) is 0 Å². The van der Waals surface area contributed by atoms with Crippen molar-refractivity contribution in [3.05, 3.63) is 12.2 Å². The van der Waals surface area contributed by atoms with Crippen molar-refractivity contribution in [3.63, 3.8) is 0 Å². The molecule has 0 saturated heterocycles. The molecule has 0 bridgehead atoms. The Bertz CT molecular complexity index is 274. The van der Waals surface area contributed by atoms with E-state index >= 15 is 0 Å². The highest BCUT2D eigenvalue weighted by Crippen LogP contribution is 2.12. The Balaban J connectivity index is 0. The van der Waals surface area contributed by atoms with Crippen LogP contribution in [-0.2, 0) is 9.59 Å². The van der Waals surface area contributed by atoms with E-state index in [9.17, 15) is 9.59 Å². The van der Waals surface area contributed by atoms with E-state index in [1.54, 1.807) is 0 Å². The van der Waals surface area contributed by atoms with E-state index < -0.39 is 20.0 Å². The number of rotatable bonds is 8. The minimum atomic E-state index is -1.26. The zero-order valence-electron chi connectivity index (χ0n) is 12.1. The minimum Gasteiger partial charge on any atom is -0.478 e. The van der Waals surface area contributed by atoms with Crippen LogP contribution >= 0.6 is 11.8 Å². The molecule has 0 fully saturated rings. The largest absolute Gasteiger partial charge is 0.478 e. The molecule has 0 spiro atoms. The Morgan fingerprint density at radius 2 is 1.58 bits per heavy atom. The van der Waals surface area contributed by atoms with Crippen molar-refractivity contribution in [2.24, 2.45) is 0 Å². The van der Waals surface area contributed by atoms with Gasteiger partial charge in [0.25, 0.3) is 0 Å². The quantitative estimate of drug-likeness (QED) is 0.361. The van der Waals surface area contributed by atoms with Crippen LogP contribution in [-0.4, -0.2) is 55.3 Å². The Hall–Kier alpha value is -0.793. The maximum atomic E-state index is 9.55. The Labute approximate surface area is 120 Å². The van der Waals surface area contributed by atoms with Crippen LogP contribution in [0.5, 0.6) is 0 Å². The van der Waals surface area contributed by atoms with Crippen LogP contribution in [0.25, 0.3) is 0 Å². The van der Waals surface area contributed by atoms with Crippen LogP contribution in [0.4, 0.5) is 0 Å². The van der Waals surface area contributed by atoms with Gasteiger partial charge in [-0.25, -0.2) is 9.59 Å². The number of carboxylic acid groups (broad SMARTS) is 2. The molecule has 0 rings (SSSR count). The first-order valence-electron chi connectivity index (χ1n) is 6.05. The fourth-order valence-electron chi connectivity index (χ4n) is 0.797. The van der Waals surface area contributed by atoms with E-state index in [-0.39, 0.29) is 0 Å². The van der Waals surface area contributed by atoms with Gasteiger partial charge in [-0.05, 0) is 18.8 Å².